The van der Waals surface area contributed by atoms with E-state index in [1.807, 2.05) is 18.2 Å². The average molecular weight is 369 g/mol. The largest absolute Gasteiger partial charge is 0.490 e. The number of ether oxygens (including phenoxy) is 2. The summed E-state index contributed by atoms with van der Waals surface area (Å²) in [5.41, 5.74) is 0.951. The number of halogens is 1. The Bertz CT molecular complexity index is 863. The molecule has 1 amide bonds. The second-order valence-electron chi connectivity index (χ2n) is 6.16. The molecule has 3 rings (SSSR count). The standard InChI is InChI=1S/C21H20FNO4/c1-14-20(21(25)27-12-11-26-15-7-3-2-4-8-15)17(13-19(24)23-14)16-9-5-6-10-18(16)22/h2-10,17H,11-13H2,1H3,(H,23,24)/t17-/m0/s1. The predicted molar refractivity (Wildman–Crippen MR) is 97.5 cm³/mol. The molecule has 0 fully saturated rings. The number of benzene rings is 2. The monoisotopic (exact) mass is 369 g/mol. The maximum atomic E-state index is 14.2. The Balaban J connectivity index is 1.69. The Kier molecular flexibility index (Phi) is 5.86. The Morgan fingerprint density at radius 1 is 1.11 bits per heavy atom. The first-order chi connectivity index (χ1) is 13.1. The van der Waals surface area contributed by atoms with Crippen LogP contribution in [0.15, 0.2) is 65.9 Å². The van der Waals surface area contributed by atoms with Crippen molar-refractivity contribution < 1.29 is 23.5 Å². The number of nitrogens with one attached hydrogen (secondary N) is 1. The van der Waals surface area contributed by atoms with E-state index in [1.165, 1.54) is 6.07 Å². The van der Waals surface area contributed by atoms with Gasteiger partial charge in [0.2, 0.25) is 5.91 Å². The van der Waals surface area contributed by atoms with Gasteiger partial charge in [-0.15, -0.1) is 0 Å². The van der Waals surface area contributed by atoms with Crippen molar-refractivity contribution >= 4 is 11.9 Å². The first-order valence-electron chi connectivity index (χ1n) is 8.66. The molecule has 5 nitrogen and oxygen atoms in total. The third kappa shape index (κ3) is 4.53. The fourth-order valence-corrected chi connectivity index (χ4v) is 3.08. The van der Waals surface area contributed by atoms with Crippen LogP contribution in [0, 0.1) is 5.82 Å². The van der Waals surface area contributed by atoms with E-state index in [0.717, 1.165) is 0 Å². The Morgan fingerprint density at radius 3 is 2.56 bits per heavy atom. The molecule has 1 aliphatic rings. The quantitative estimate of drug-likeness (QED) is 0.627. The van der Waals surface area contributed by atoms with Gasteiger partial charge in [0, 0.05) is 18.0 Å². The summed E-state index contributed by atoms with van der Waals surface area (Å²) in [6, 6.07) is 15.3. The van der Waals surface area contributed by atoms with Gasteiger partial charge in [-0.3, -0.25) is 4.79 Å². The van der Waals surface area contributed by atoms with Gasteiger partial charge in [0.15, 0.2) is 0 Å². The van der Waals surface area contributed by atoms with E-state index in [-0.39, 0.29) is 31.1 Å². The highest BCUT2D eigenvalue weighted by Gasteiger charge is 2.34. The van der Waals surface area contributed by atoms with E-state index in [0.29, 0.717) is 17.0 Å². The van der Waals surface area contributed by atoms with Crippen LogP contribution in [0.25, 0.3) is 0 Å². The number of carbonyl (C=O) groups is 2. The summed E-state index contributed by atoms with van der Waals surface area (Å²) in [5.74, 6) is -1.30. The van der Waals surface area contributed by atoms with Gasteiger partial charge < -0.3 is 14.8 Å². The molecule has 0 radical (unpaired) electrons. The van der Waals surface area contributed by atoms with Crippen LogP contribution < -0.4 is 10.1 Å². The summed E-state index contributed by atoms with van der Waals surface area (Å²) >= 11 is 0. The van der Waals surface area contributed by atoms with Crippen molar-refractivity contribution in [1.29, 1.82) is 0 Å². The average Bonchev–Trinajstić information content (AvgIpc) is 2.65. The highest BCUT2D eigenvalue weighted by atomic mass is 19.1. The Morgan fingerprint density at radius 2 is 1.81 bits per heavy atom. The van der Waals surface area contributed by atoms with Crippen LogP contribution in [0.3, 0.4) is 0 Å². The van der Waals surface area contributed by atoms with E-state index in [1.54, 1.807) is 37.3 Å². The number of hydrogen-bond donors (Lipinski definition) is 1. The van der Waals surface area contributed by atoms with Gasteiger partial charge in [-0.2, -0.15) is 0 Å². The van der Waals surface area contributed by atoms with Crippen molar-refractivity contribution in [2.45, 2.75) is 19.3 Å². The maximum absolute atomic E-state index is 14.2. The van der Waals surface area contributed by atoms with E-state index >= 15 is 0 Å². The lowest BCUT2D eigenvalue weighted by molar-refractivity contribution is -0.140. The molecule has 1 atom stereocenters. The SMILES string of the molecule is CC1=C(C(=O)OCCOc2ccccc2)[C@H](c2ccccc2F)CC(=O)N1. The van der Waals surface area contributed by atoms with Crippen molar-refractivity contribution in [3.8, 4) is 5.75 Å². The minimum absolute atomic E-state index is 0.0107. The topological polar surface area (TPSA) is 64.6 Å². The maximum Gasteiger partial charge on any atom is 0.336 e. The molecule has 2 aromatic carbocycles. The highest BCUT2D eigenvalue weighted by Crippen LogP contribution is 2.34. The van der Waals surface area contributed by atoms with Gasteiger partial charge in [0.05, 0.1) is 5.57 Å². The summed E-state index contributed by atoms with van der Waals surface area (Å²) in [4.78, 5) is 24.5. The fourth-order valence-electron chi connectivity index (χ4n) is 3.08. The van der Waals surface area contributed by atoms with Gasteiger partial charge >= 0.3 is 5.97 Å². The fraction of sp³-hybridized carbons (Fsp3) is 0.238. The summed E-state index contributed by atoms with van der Waals surface area (Å²) in [7, 11) is 0. The first-order valence-corrected chi connectivity index (χ1v) is 8.66. The molecular weight excluding hydrogens is 349 g/mol. The molecule has 0 saturated heterocycles. The smallest absolute Gasteiger partial charge is 0.336 e. The zero-order valence-electron chi connectivity index (χ0n) is 14.9. The van der Waals surface area contributed by atoms with Gasteiger partial charge in [0.25, 0.3) is 0 Å². The molecule has 0 unspecified atom stereocenters. The van der Waals surface area contributed by atoms with Crippen molar-refractivity contribution in [3.05, 3.63) is 77.2 Å². The lowest BCUT2D eigenvalue weighted by Crippen LogP contribution is -2.34. The van der Waals surface area contributed by atoms with Crippen molar-refractivity contribution in [3.63, 3.8) is 0 Å². The first kappa shape index (κ1) is 18.6. The zero-order chi connectivity index (χ0) is 19.2. The van der Waals surface area contributed by atoms with E-state index in [2.05, 4.69) is 5.32 Å². The summed E-state index contributed by atoms with van der Waals surface area (Å²) < 4.78 is 25.0. The molecule has 0 spiro atoms. The molecule has 0 bridgehead atoms. The summed E-state index contributed by atoms with van der Waals surface area (Å²) in [6.45, 7) is 1.85. The lowest BCUT2D eigenvalue weighted by Gasteiger charge is -2.26. The molecular formula is C21H20FNO4. The molecule has 140 valence electrons. The molecule has 1 N–H and O–H groups in total. The molecule has 0 aromatic heterocycles. The summed E-state index contributed by atoms with van der Waals surface area (Å²) in [5, 5.41) is 2.63. The van der Waals surface area contributed by atoms with Gasteiger partial charge in [-0.25, -0.2) is 9.18 Å². The normalized spacial score (nSPS) is 16.7. The minimum Gasteiger partial charge on any atom is -0.490 e. The highest BCUT2D eigenvalue weighted by molar-refractivity contribution is 5.95. The van der Waals surface area contributed by atoms with Crippen LogP contribution in [0.4, 0.5) is 4.39 Å². The number of esters is 1. The molecule has 2 aromatic rings. The second-order valence-corrected chi connectivity index (χ2v) is 6.16. The number of para-hydroxylation sites is 1. The molecule has 1 heterocycles. The van der Waals surface area contributed by atoms with Crippen LogP contribution in [-0.4, -0.2) is 25.1 Å². The number of hydrogen-bond acceptors (Lipinski definition) is 4. The molecule has 1 aliphatic heterocycles. The number of allylic oxidation sites excluding steroid dienone is 1. The van der Waals surface area contributed by atoms with Crippen molar-refractivity contribution in [2.24, 2.45) is 0 Å². The molecule has 27 heavy (non-hydrogen) atoms. The van der Waals surface area contributed by atoms with E-state index in [4.69, 9.17) is 9.47 Å². The Hall–Kier alpha value is -3.15. The zero-order valence-corrected chi connectivity index (χ0v) is 14.9. The van der Waals surface area contributed by atoms with Crippen LogP contribution in [0.5, 0.6) is 5.75 Å². The van der Waals surface area contributed by atoms with Crippen LogP contribution in [0.1, 0.15) is 24.8 Å². The number of carbonyl (C=O) groups excluding carboxylic acids is 2. The predicted octanol–water partition coefficient (Wildman–Crippen LogP) is 3.33. The van der Waals surface area contributed by atoms with Gasteiger partial charge in [-0.1, -0.05) is 36.4 Å². The van der Waals surface area contributed by atoms with Crippen LogP contribution in [0.2, 0.25) is 0 Å². The summed E-state index contributed by atoms with van der Waals surface area (Å²) in [6.07, 6.45) is -0.0107. The third-order valence-corrected chi connectivity index (χ3v) is 4.30. The Labute approximate surface area is 156 Å². The van der Waals surface area contributed by atoms with Crippen LogP contribution >= 0.6 is 0 Å². The van der Waals surface area contributed by atoms with Crippen molar-refractivity contribution in [1.82, 2.24) is 5.32 Å². The van der Waals surface area contributed by atoms with Crippen LogP contribution in [-0.2, 0) is 14.3 Å². The lowest BCUT2D eigenvalue weighted by atomic mass is 9.84. The van der Waals surface area contributed by atoms with Gasteiger partial charge in [-0.05, 0) is 30.7 Å². The molecule has 0 aliphatic carbocycles. The molecule has 6 heteroatoms. The second kappa shape index (κ2) is 8.49. The third-order valence-electron chi connectivity index (χ3n) is 4.30. The minimum atomic E-state index is -0.678. The van der Waals surface area contributed by atoms with Crippen molar-refractivity contribution in [2.75, 3.05) is 13.2 Å². The molecule has 0 saturated carbocycles. The van der Waals surface area contributed by atoms with E-state index < -0.39 is 17.7 Å². The van der Waals surface area contributed by atoms with Gasteiger partial charge in [0.1, 0.15) is 24.8 Å². The van der Waals surface area contributed by atoms with E-state index in [9.17, 15) is 14.0 Å². The number of rotatable bonds is 6. The number of amides is 1.